The molecule has 0 heterocycles. The highest BCUT2D eigenvalue weighted by atomic mass is 19.1. The van der Waals surface area contributed by atoms with Crippen molar-refractivity contribution in [2.45, 2.75) is 44.2 Å². The number of nitrogens with two attached hydrogens (primary N) is 1. The lowest BCUT2D eigenvalue weighted by Gasteiger charge is -2.31. The summed E-state index contributed by atoms with van der Waals surface area (Å²) in [5.41, 5.74) is 4.20. The van der Waals surface area contributed by atoms with E-state index in [9.17, 15) is 13.6 Å². The van der Waals surface area contributed by atoms with Gasteiger partial charge in [0, 0.05) is 17.7 Å². The van der Waals surface area contributed by atoms with E-state index in [1.807, 2.05) is 0 Å². The van der Waals surface area contributed by atoms with Gasteiger partial charge in [-0.25, -0.2) is 8.78 Å². The van der Waals surface area contributed by atoms with Crippen LogP contribution < -0.4 is 11.1 Å². The summed E-state index contributed by atoms with van der Waals surface area (Å²) in [6.07, 6.45) is 4.04. The number of primary amides is 1. The lowest BCUT2D eigenvalue weighted by molar-refractivity contribution is -0.124. The molecule has 1 amide bonds. The van der Waals surface area contributed by atoms with Crippen molar-refractivity contribution in [2.75, 3.05) is 0 Å². The summed E-state index contributed by atoms with van der Waals surface area (Å²) >= 11 is 0. The Bertz CT molecular complexity index is 486. The van der Waals surface area contributed by atoms with Gasteiger partial charge in [0.15, 0.2) is 0 Å². The van der Waals surface area contributed by atoms with Gasteiger partial charge in [0.05, 0.1) is 0 Å². The molecule has 0 aliphatic heterocycles. The third kappa shape index (κ3) is 2.76. The summed E-state index contributed by atoms with van der Waals surface area (Å²) in [6.45, 7) is 1.55. The van der Waals surface area contributed by atoms with Crippen LogP contribution in [0.1, 0.15) is 38.2 Å². The van der Waals surface area contributed by atoms with Crippen LogP contribution in [0.25, 0.3) is 0 Å². The molecule has 0 spiro atoms. The number of rotatable bonds is 4. The van der Waals surface area contributed by atoms with Crippen LogP contribution in [0.4, 0.5) is 8.78 Å². The summed E-state index contributed by atoms with van der Waals surface area (Å²) in [6, 6.07) is 3.32. The molecule has 1 saturated carbocycles. The van der Waals surface area contributed by atoms with Crippen molar-refractivity contribution in [1.29, 1.82) is 0 Å². The van der Waals surface area contributed by atoms with Gasteiger partial charge in [-0.2, -0.15) is 0 Å². The first-order valence-corrected chi connectivity index (χ1v) is 6.46. The normalized spacial score (nSPS) is 19.3. The molecule has 0 saturated heterocycles. The minimum Gasteiger partial charge on any atom is -0.368 e. The number of carbonyl (C=O) groups is 1. The molecular weight excluding hydrogens is 250 g/mol. The minimum atomic E-state index is -1.31. The smallest absolute Gasteiger partial charge is 0.242 e. The fourth-order valence-electron chi connectivity index (χ4n) is 2.65. The Kier molecular flexibility index (Phi) is 3.85. The summed E-state index contributed by atoms with van der Waals surface area (Å²) < 4.78 is 26.9. The standard InChI is InChI=1S/C14H18F2N2O/c1-14(13(17)19,18-10-4-2-3-5-10)11-7-6-9(15)8-12(11)16/h6-8,10,18H,2-5H2,1H3,(H2,17,19). The van der Waals surface area contributed by atoms with Crippen LogP contribution in [-0.4, -0.2) is 11.9 Å². The fraction of sp³-hybridized carbons (Fsp3) is 0.500. The first-order valence-electron chi connectivity index (χ1n) is 6.46. The van der Waals surface area contributed by atoms with Crippen LogP contribution in [0.2, 0.25) is 0 Å². The highest BCUT2D eigenvalue weighted by molar-refractivity contribution is 5.85. The van der Waals surface area contributed by atoms with Crippen molar-refractivity contribution in [1.82, 2.24) is 5.32 Å². The predicted molar refractivity (Wildman–Crippen MR) is 68.3 cm³/mol. The highest BCUT2D eigenvalue weighted by Gasteiger charge is 2.38. The number of amides is 1. The molecular formula is C14H18F2N2O. The first-order chi connectivity index (χ1) is 8.93. The molecule has 104 valence electrons. The Morgan fingerprint density at radius 1 is 1.37 bits per heavy atom. The summed E-state index contributed by atoms with van der Waals surface area (Å²) in [7, 11) is 0. The van der Waals surface area contributed by atoms with Crippen molar-refractivity contribution >= 4 is 5.91 Å². The van der Waals surface area contributed by atoms with Crippen LogP contribution >= 0.6 is 0 Å². The van der Waals surface area contributed by atoms with E-state index in [-0.39, 0.29) is 11.6 Å². The van der Waals surface area contributed by atoms with Crippen LogP contribution in [0.3, 0.4) is 0 Å². The average Bonchev–Trinajstić information content (AvgIpc) is 2.81. The van der Waals surface area contributed by atoms with Crippen LogP contribution in [0.5, 0.6) is 0 Å². The zero-order valence-corrected chi connectivity index (χ0v) is 10.9. The number of hydrogen-bond acceptors (Lipinski definition) is 2. The Morgan fingerprint density at radius 2 is 2.00 bits per heavy atom. The van der Waals surface area contributed by atoms with E-state index >= 15 is 0 Å². The van der Waals surface area contributed by atoms with Gasteiger partial charge in [-0.15, -0.1) is 0 Å². The molecule has 19 heavy (non-hydrogen) atoms. The van der Waals surface area contributed by atoms with E-state index in [1.54, 1.807) is 6.92 Å². The Hall–Kier alpha value is -1.49. The number of benzene rings is 1. The molecule has 1 atom stereocenters. The number of halogens is 2. The molecule has 3 nitrogen and oxygen atoms in total. The molecule has 0 bridgehead atoms. The topological polar surface area (TPSA) is 55.1 Å². The van der Waals surface area contributed by atoms with Crippen molar-refractivity contribution in [3.63, 3.8) is 0 Å². The molecule has 1 fully saturated rings. The average molecular weight is 268 g/mol. The molecule has 5 heteroatoms. The molecule has 2 rings (SSSR count). The van der Waals surface area contributed by atoms with Gasteiger partial charge in [0.2, 0.25) is 5.91 Å². The molecule has 0 aromatic heterocycles. The Morgan fingerprint density at radius 3 is 2.53 bits per heavy atom. The highest BCUT2D eigenvalue weighted by Crippen LogP contribution is 2.28. The van der Waals surface area contributed by atoms with Crippen molar-refractivity contribution in [3.05, 3.63) is 35.4 Å². The fourth-order valence-corrected chi connectivity index (χ4v) is 2.65. The lowest BCUT2D eigenvalue weighted by atomic mass is 9.89. The molecule has 0 radical (unpaired) electrons. The van der Waals surface area contributed by atoms with Crippen LogP contribution in [0, 0.1) is 11.6 Å². The molecule has 1 aromatic carbocycles. The Labute approximate surface area is 111 Å². The molecule has 1 aromatic rings. The van der Waals surface area contributed by atoms with Crippen molar-refractivity contribution < 1.29 is 13.6 Å². The maximum absolute atomic E-state index is 13.9. The SMILES string of the molecule is CC(NC1CCCC1)(C(N)=O)c1ccc(F)cc1F. The number of hydrogen-bond donors (Lipinski definition) is 2. The number of nitrogens with one attached hydrogen (secondary N) is 1. The van der Waals surface area contributed by atoms with Gasteiger partial charge in [0.1, 0.15) is 17.2 Å². The maximum atomic E-state index is 13.9. The second-order valence-corrected chi connectivity index (χ2v) is 5.24. The van der Waals surface area contributed by atoms with E-state index < -0.39 is 23.1 Å². The van der Waals surface area contributed by atoms with E-state index in [0.717, 1.165) is 37.8 Å². The van der Waals surface area contributed by atoms with Crippen LogP contribution in [-0.2, 0) is 10.3 Å². The first kappa shape index (κ1) is 13.9. The number of carbonyl (C=O) groups excluding carboxylic acids is 1. The second-order valence-electron chi connectivity index (χ2n) is 5.24. The summed E-state index contributed by atoms with van der Waals surface area (Å²) in [5, 5.41) is 3.13. The van der Waals surface area contributed by atoms with E-state index in [4.69, 9.17) is 5.73 Å². The van der Waals surface area contributed by atoms with Gasteiger partial charge in [0.25, 0.3) is 0 Å². The second kappa shape index (κ2) is 5.25. The Balaban J connectivity index is 2.34. The largest absolute Gasteiger partial charge is 0.368 e. The molecule has 1 aliphatic carbocycles. The zero-order chi connectivity index (χ0) is 14.0. The van der Waals surface area contributed by atoms with Crippen molar-refractivity contribution in [3.8, 4) is 0 Å². The maximum Gasteiger partial charge on any atom is 0.242 e. The lowest BCUT2D eigenvalue weighted by Crippen LogP contribution is -2.54. The van der Waals surface area contributed by atoms with E-state index in [2.05, 4.69) is 5.32 Å². The predicted octanol–water partition coefficient (Wildman–Crippen LogP) is 2.20. The third-order valence-electron chi connectivity index (χ3n) is 3.81. The summed E-state index contributed by atoms with van der Waals surface area (Å²) in [4.78, 5) is 11.7. The van der Waals surface area contributed by atoms with Gasteiger partial charge in [-0.3, -0.25) is 10.1 Å². The summed E-state index contributed by atoms with van der Waals surface area (Å²) in [5.74, 6) is -2.09. The molecule has 1 unspecified atom stereocenters. The van der Waals surface area contributed by atoms with E-state index in [1.165, 1.54) is 6.07 Å². The van der Waals surface area contributed by atoms with Crippen molar-refractivity contribution in [2.24, 2.45) is 5.73 Å². The van der Waals surface area contributed by atoms with Gasteiger partial charge < -0.3 is 5.73 Å². The monoisotopic (exact) mass is 268 g/mol. The van der Waals surface area contributed by atoms with Gasteiger partial charge in [-0.05, 0) is 25.8 Å². The molecule has 1 aliphatic rings. The zero-order valence-electron chi connectivity index (χ0n) is 10.9. The minimum absolute atomic E-state index is 0.0910. The van der Waals surface area contributed by atoms with E-state index in [0.29, 0.717) is 0 Å². The van der Waals surface area contributed by atoms with Gasteiger partial charge in [-0.1, -0.05) is 18.9 Å². The van der Waals surface area contributed by atoms with Crippen LogP contribution in [0.15, 0.2) is 18.2 Å². The molecule has 3 N–H and O–H groups in total. The third-order valence-corrected chi connectivity index (χ3v) is 3.81. The van der Waals surface area contributed by atoms with Gasteiger partial charge >= 0.3 is 0 Å². The quantitative estimate of drug-likeness (QED) is 0.879.